The van der Waals surface area contributed by atoms with Crippen molar-refractivity contribution in [1.29, 1.82) is 5.26 Å². The fourth-order valence-corrected chi connectivity index (χ4v) is 10.1. The molecule has 0 N–H and O–H groups in total. The number of rotatable bonds is 6. The van der Waals surface area contributed by atoms with Crippen LogP contribution in [0.4, 0.5) is 4.79 Å². The Bertz CT molecular complexity index is 1680. The summed E-state index contributed by atoms with van der Waals surface area (Å²) >= 11 is 0. The van der Waals surface area contributed by atoms with Gasteiger partial charge in [-0.1, -0.05) is 109 Å². The number of ether oxygens (including phenoxy) is 1. The number of nitriles is 1. The number of nitrogens with zero attached hydrogens (tertiary/aromatic N) is 3. The first-order chi connectivity index (χ1) is 22.2. The van der Waals surface area contributed by atoms with Crippen LogP contribution in [0.1, 0.15) is 37.6 Å². The average Bonchev–Trinajstić information content (AvgIpc) is 3.31. The second-order valence-corrected chi connectivity index (χ2v) is 15.5. The van der Waals surface area contributed by atoms with Gasteiger partial charge in [0.1, 0.15) is 17.0 Å². The van der Waals surface area contributed by atoms with Gasteiger partial charge in [-0.3, -0.25) is 9.59 Å². The van der Waals surface area contributed by atoms with Crippen molar-refractivity contribution in [2.24, 2.45) is 0 Å². The van der Waals surface area contributed by atoms with Gasteiger partial charge in [-0.2, -0.15) is 5.26 Å². The van der Waals surface area contributed by atoms with Crippen LogP contribution in [0.3, 0.4) is 0 Å². The van der Waals surface area contributed by atoms with Crippen LogP contribution in [-0.2, 0) is 9.53 Å². The summed E-state index contributed by atoms with van der Waals surface area (Å²) in [5, 5.41) is 13.8. The maximum Gasteiger partial charge on any atom is 0.410 e. The molecule has 0 saturated carbocycles. The number of hydrogen-bond acceptors (Lipinski definition) is 5. The van der Waals surface area contributed by atoms with Crippen LogP contribution in [0.2, 0.25) is 0 Å². The smallest absolute Gasteiger partial charge is 0.410 e. The van der Waals surface area contributed by atoms with Gasteiger partial charge in [-0.05, 0) is 62.1 Å². The largest absolute Gasteiger partial charge is 0.444 e. The maximum absolute atomic E-state index is 15.1. The summed E-state index contributed by atoms with van der Waals surface area (Å²) in [4.78, 5) is 45.5. The standard InChI is InChI=1S/C38H38N3O4P/c1-38(2,3)45-37(44)40-25-24-33(41(27-26-40)36(43)29-16-8-4-9-17-29)35(42)34(28-39)46(30-18-10-5-11-19-30,31-20-12-6-13-21-31)32-22-14-7-15-23-32/h4-23,33H,24-27H2,1-3H3. The Morgan fingerprint density at radius 3 is 1.61 bits per heavy atom. The van der Waals surface area contributed by atoms with E-state index in [1.165, 1.54) is 4.90 Å². The average molecular weight is 632 g/mol. The Labute approximate surface area is 271 Å². The van der Waals surface area contributed by atoms with E-state index in [1.807, 2.05) is 97.1 Å². The highest BCUT2D eigenvalue weighted by atomic mass is 31.2. The van der Waals surface area contributed by atoms with Gasteiger partial charge in [0.25, 0.3) is 5.91 Å². The summed E-state index contributed by atoms with van der Waals surface area (Å²) in [6, 6.07) is 39.3. The van der Waals surface area contributed by atoms with Crippen molar-refractivity contribution < 1.29 is 19.1 Å². The molecular formula is C38H38N3O4P. The Morgan fingerprint density at radius 2 is 1.17 bits per heavy atom. The van der Waals surface area contributed by atoms with Crippen LogP contribution in [0, 0.1) is 11.3 Å². The molecule has 8 heteroatoms. The number of Topliss-reactive ketones (excluding diaryl/α,β-unsaturated/α-hetero) is 1. The minimum atomic E-state index is -3.03. The third kappa shape index (κ3) is 6.68. The first kappa shape index (κ1) is 32.5. The van der Waals surface area contributed by atoms with Crippen molar-refractivity contribution in [2.75, 3.05) is 19.6 Å². The lowest BCUT2D eigenvalue weighted by Crippen LogP contribution is -2.49. The van der Waals surface area contributed by atoms with Crippen molar-refractivity contribution in [1.82, 2.24) is 9.80 Å². The third-order valence-corrected chi connectivity index (χ3v) is 12.2. The summed E-state index contributed by atoms with van der Waals surface area (Å²) in [7, 11) is 0. The number of hydrogen-bond donors (Lipinski definition) is 0. The van der Waals surface area contributed by atoms with E-state index in [0.717, 1.165) is 15.9 Å². The molecule has 0 aliphatic carbocycles. The summed E-state index contributed by atoms with van der Waals surface area (Å²) in [6.07, 6.45) is -0.350. The molecule has 1 aliphatic rings. The van der Waals surface area contributed by atoms with Crippen molar-refractivity contribution >= 4 is 45.9 Å². The molecule has 1 heterocycles. The number of carbonyl (C=O) groups excluding carboxylic acids is 3. The lowest BCUT2D eigenvalue weighted by Gasteiger charge is -2.33. The van der Waals surface area contributed by atoms with Crippen LogP contribution < -0.4 is 15.9 Å². The van der Waals surface area contributed by atoms with E-state index in [0.29, 0.717) is 5.56 Å². The van der Waals surface area contributed by atoms with Crippen LogP contribution in [0.25, 0.3) is 0 Å². The monoisotopic (exact) mass is 631 g/mol. The predicted molar refractivity (Wildman–Crippen MR) is 184 cm³/mol. The highest BCUT2D eigenvalue weighted by Crippen LogP contribution is 2.46. The van der Waals surface area contributed by atoms with E-state index in [9.17, 15) is 14.9 Å². The molecule has 0 spiro atoms. The second kappa shape index (κ2) is 14.0. The zero-order chi connectivity index (χ0) is 32.7. The molecule has 7 nitrogen and oxygen atoms in total. The number of ketones is 1. The first-order valence-electron chi connectivity index (χ1n) is 15.4. The Hall–Kier alpha value is -4.92. The second-order valence-electron chi connectivity index (χ2n) is 12.1. The van der Waals surface area contributed by atoms with E-state index in [-0.39, 0.29) is 37.3 Å². The quantitative estimate of drug-likeness (QED) is 0.266. The van der Waals surface area contributed by atoms with Crippen LogP contribution in [0.15, 0.2) is 121 Å². The molecular weight excluding hydrogens is 593 g/mol. The van der Waals surface area contributed by atoms with E-state index in [4.69, 9.17) is 4.74 Å². The van der Waals surface area contributed by atoms with Crippen LogP contribution >= 0.6 is 6.89 Å². The maximum atomic E-state index is 15.1. The Kier molecular flexibility index (Phi) is 9.90. The van der Waals surface area contributed by atoms with E-state index in [1.54, 1.807) is 49.9 Å². The molecule has 4 aromatic carbocycles. The molecule has 5 rings (SSSR count). The highest BCUT2D eigenvalue weighted by Gasteiger charge is 2.41. The van der Waals surface area contributed by atoms with Crippen molar-refractivity contribution in [3.05, 3.63) is 127 Å². The molecule has 234 valence electrons. The van der Waals surface area contributed by atoms with Gasteiger partial charge in [0.2, 0.25) is 0 Å². The summed E-state index contributed by atoms with van der Waals surface area (Å²) in [5.41, 5.74) is -0.273. The molecule has 1 unspecified atom stereocenters. The van der Waals surface area contributed by atoms with Gasteiger partial charge >= 0.3 is 6.09 Å². The zero-order valence-electron chi connectivity index (χ0n) is 26.4. The molecule has 1 fully saturated rings. The number of carbonyl (C=O) groups is 3. The van der Waals surface area contributed by atoms with Crippen molar-refractivity contribution in [3.63, 3.8) is 0 Å². The van der Waals surface area contributed by atoms with Gasteiger partial charge < -0.3 is 14.5 Å². The van der Waals surface area contributed by atoms with Crippen LogP contribution in [0.5, 0.6) is 0 Å². The minimum absolute atomic E-state index is 0.107. The molecule has 0 bridgehead atoms. The fraction of sp³-hybridized carbons (Fsp3) is 0.237. The van der Waals surface area contributed by atoms with Gasteiger partial charge in [-0.25, -0.2) is 4.79 Å². The summed E-state index contributed by atoms with van der Waals surface area (Å²) < 4.78 is 5.65. The van der Waals surface area contributed by atoms with Crippen molar-refractivity contribution in [3.8, 4) is 6.07 Å². The summed E-state index contributed by atoms with van der Waals surface area (Å²) in [5.74, 6) is -0.743. The Balaban J connectivity index is 1.73. The lowest BCUT2D eigenvalue weighted by molar-refractivity contribution is -0.116. The normalized spacial score (nSPS) is 15.3. The number of amides is 2. The first-order valence-corrected chi connectivity index (χ1v) is 17.2. The minimum Gasteiger partial charge on any atom is -0.444 e. The molecule has 2 amide bonds. The van der Waals surface area contributed by atoms with E-state index < -0.39 is 30.4 Å². The predicted octanol–water partition coefficient (Wildman–Crippen LogP) is 5.40. The molecule has 0 aromatic heterocycles. The van der Waals surface area contributed by atoms with E-state index >= 15 is 4.79 Å². The SMILES string of the molecule is CC(C)(C)OC(=O)N1CCC(C(=O)C(C#N)=P(c2ccccc2)(c2ccccc2)c2ccccc2)N(C(=O)c2ccccc2)CC1. The Morgan fingerprint density at radius 1 is 0.717 bits per heavy atom. The topological polar surface area (TPSA) is 90.7 Å². The molecule has 0 radical (unpaired) electrons. The van der Waals surface area contributed by atoms with Gasteiger partial charge in [0.15, 0.2) is 5.78 Å². The molecule has 1 saturated heterocycles. The molecule has 1 aliphatic heterocycles. The number of benzene rings is 4. The lowest BCUT2D eigenvalue weighted by atomic mass is 10.0. The summed E-state index contributed by atoms with van der Waals surface area (Å²) in [6.45, 7) is 2.86. The third-order valence-electron chi connectivity index (χ3n) is 8.00. The van der Waals surface area contributed by atoms with Gasteiger partial charge in [0, 0.05) is 25.2 Å². The highest BCUT2D eigenvalue weighted by molar-refractivity contribution is 7.97. The molecule has 4 aromatic rings. The van der Waals surface area contributed by atoms with Crippen molar-refractivity contribution in [2.45, 2.75) is 38.8 Å². The van der Waals surface area contributed by atoms with E-state index in [2.05, 4.69) is 6.07 Å². The van der Waals surface area contributed by atoms with Gasteiger partial charge in [-0.15, -0.1) is 0 Å². The molecule has 1 atom stereocenters. The van der Waals surface area contributed by atoms with Gasteiger partial charge in [0.05, 0.1) is 6.04 Å². The fourth-order valence-electron chi connectivity index (χ4n) is 5.94. The van der Waals surface area contributed by atoms with Crippen LogP contribution in [-0.4, -0.2) is 64.2 Å². The zero-order valence-corrected chi connectivity index (χ0v) is 27.3. The molecule has 46 heavy (non-hydrogen) atoms.